The molecule has 0 spiro atoms. The summed E-state index contributed by atoms with van der Waals surface area (Å²) < 4.78 is 0.833. The fourth-order valence-electron chi connectivity index (χ4n) is 0.914. The lowest BCUT2D eigenvalue weighted by Gasteiger charge is -2.13. The van der Waals surface area contributed by atoms with Gasteiger partial charge in [-0.05, 0) is 19.2 Å². The summed E-state index contributed by atoms with van der Waals surface area (Å²) in [7, 11) is 1.99. The van der Waals surface area contributed by atoms with Crippen LogP contribution in [0.5, 0.6) is 0 Å². The molecule has 0 saturated carbocycles. The van der Waals surface area contributed by atoms with Gasteiger partial charge in [0.05, 0.1) is 11.0 Å². The summed E-state index contributed by atoms with van der Waals surface area (Å²) in [5, 5.41) is 0. The van der Waals surface area contributed by atoms with Gasteiger partial charge in [0.25, 0.3) is 0 Å². The van der Waals surface area contributed by atoms with E-state index in [0.29, 0.717) is 6.67 Å². The third kappa shape index (κ3) is 3.08. The van der Waals surface area contributed by atoms with Crippen molar-refractivity contribution < 1.29 is 0 Å². The van der Waals surface area contributed by atoms with Crippen LogP contribution in [0.25, 0.3) is 0 Å². The van der Waals surface area contributed by atoms with Gasteiger partial charge in [0.15, 0.2) is 0 Å². The van der Waals surface area contributed by atoms with Gasteiger partial charge in [-0.3, -0.25) is 10.7 Å². The molecule has 0 aliphatic heterocycles. The topological polar surface area (TPSA) is 41.3 Å². The van der Waals surface area contributed by atoms with E-state index in [4.69, 9.17) is 17.4 Å². The van der Waals surface area contributed by atoms with Crippen LogP contribution in [0.3, 0.4) is 0 Å². The summed E-state index contributed by atoms with van der Waals surface area (Å²) in [5.74, 6) is 5.17. The van der Waals surface area contributed by atoms with Gasteiger partial charge in [-0.25, -0.2) is 5.43 Å². The monoisotopic (exact) mass is 205 g/mol. The summed E-state index contributed by atoms with van der Waals surface area (Å²) in [6.07, 6.45) is 0. The van der Waals surface area contributed by atoms with Gasteiger partial charge in [0, 0.05) is 11.4 Å². The number of nitrogens with one attached hydrogen (secondary N) is 1. The summed E-state index contributed by atoms with van der Waals surface area (Å²) in [4.78, 5) is 3.32. The van der Waals surface area contributed by atoms with Gasteiger partial charge >= 0.3 is 0 Å². The Labute approximate surface area is 81.1 Å². The molecular weight excluding hydrogens is 194 g/mol. The molecule has 1 aromatic heterocycles. The lowest BCUT2D eigenvalue weighted by atomic mass is 10.4. The van der Waals surface area contributed by atoms with Crippen molar-refractivity contribution in [1.29, 1.82) is 0 Å². The molecule has 0 unspecified atom stereocenters. The Kier molecular flexibility index (Phi) is 3.97. The fourth-order valence-corrected chi connectivity index (χ4v) is 2.08. The molecule has 0 bridgehead atoms. The van der Waals surface area contributed by atoms with Crippen LogP contribution in [0.1, 0.15) is 4.88 Å². The third-order valence-corrected chi connectivity index (χ3v) is 2.63. The van der Waals surface area contributed by atoms with Crippen molar-refractivity contribution in [3.8, 4) is 0 Å². The van der Waals surface area contributed by atoms with E-state index in [1.54, 1.807) is 11.3 Å². The minimum Gasteiger partial charge on any atom is -0.288 e. The van der Waals surface area contributed by atoms with Crippen LogP contribution in [0.15, 0.2) is 12.1 Å². The predicted molar refractivity (Wildman–Crippen MR) is 53.0 cm³/mol. The first-order chi connectivity index (χ1) is 5.72. The summed E-state index contributed by atoms with van der Waals surface area (Å²) >= 11 is 7.38. The molecule has 0 aromatic carbocycles. The van der Waals surface area contributed by atoms with Crippen molar-refractivity contribution in [2.45, 2.75) is 6.54 Å². The van der Waals surface area contributed by atoms with Crippen molar-refractivity contribution in [3.05, 3.63) is 21.3 Å². The minimum absolute atomic E-state index is 0.676. The summed E-state index contributed by atoms with van der Waals surface area (Å²) in [5.41, 5.74) is 2.59. The zero-order chi connectivity index (χ0) is 8.97. The molecule has 1 heterocycles. The molecule has 0 amide bonds. The Hall–Kier alpha value is -0.130. The molecule has 1 aromatic rings. The number of nitrogens with two attached hydrogens (primary N) is 1. The zero-order valence-corrected chi connectivity index (χ0v) is 8.45. The molecule has 5 heteroatoms. The number of hydrogen-bond acceptors (Lipinski definition) is 4. The van der Waals surface area contributed by atoms with Crippen molar-refractivity contribution in [2.75, 3.05) is 13.7 Å². The van der Waals surface area contributed by atoms with Crippen molar-refractivity contribution in [2.24, 2.45) is 5.84 Å². The molecule has 0 aliphatic carbocycles. The highest BCUT2D eigenvalue weighted by atomic mass is 35.5. The summed E-state index contributed by atoms with van der Waals surface area (Å²) in [6, 6.07) is 3.94. The SMILES string of the molecule is CN(CNN)Cc1ccc(Cl)s1. The number of hydrogen-bond donors (Lipinski definition) is 2. The minimum atomic E-state index is 0.676. The van der Waals surface area contributed by atoms with E-state index in [1.165, 1.54) is 4.88 Å². The average Bonchev–Trinajstić information content (AvgIpc) is 2.36. The standard InChI is InChI=1S/C7H12ClN3S/c1-11(5-10-9)4-6-2-3-7(8)12-6/h2-3,10H,4-5,9H2,1H3. The Bertz CT molecular complexity index is 238. The van der Waals surface area contributed by atoms with Gasteiger partial charge < -0.3 is 0 Å². The first-order valence-corrected chi connectivity index (χ1v) is 4.78. The second kappa shape index (κ2) is 4.79. The number of halogens is 1. The molecule has 0 fully saturated rings. The highest BCUT2D eigenvalue weighted by Crippen LogP contribution is 2.21. The maximum absolute atomic E-state index is 5.78. The van der Waals surface area contributed by atoms with Crippen LogP contribution in [-0.2, 0) is 6.54 Å². The number of hydrazine groups is 1. The Morgan fingerprint density at radius 3 is 2.92 bits per heavy atom. The lowest BCUT2D eigenvalue weighted by Crippen LogP contribution is -2.34. The molecule has 1 rings (SSSR count). The smallest absolute Gasteiger partial charge is 0.0931 e. The van der Waals surface area contributed by atoms with Gasteiger partial charge in [0.1, 0.15) is 0 Å². The molecule has 3 nitrogen and oxygen atoms in total. The van der Waals surface area contributed by atoms with E-state index in [2.05, 4.69) is 10.3 Å². The molecule has 0 aliphatic rings. The van der Waals surface area contributed by atoms with E-state index in [1.807, 2.05) is 19.2 Å². The fraction of sp³-hybridized carbons (Fsp3) is 0.429. The first kappa shape index (κ1) is 9.95. The zero-order valence-electron chi connectivity index (χ0n) is 6.88. The van der Waals surface area contributed by atoms with Crippen molar-refractivity contribution in [1.82, 2.24) is 10.3 Å². The number of nitrogens with zero attached hydrogens (tertiary/aromatic N) is 1. The lowest BCUT2D eigenvalue weighted by molar-refractivity contribution is 0.304. The van der Waals surface area contributed by atoms with Crippen LogP contribution in [0.4, 0.5) is 0 Å². The van der Waals surface area contributed by atoms with Gasteiger partial charge in [0.2, 0.25) is 0 Å². The second-order valence-electron chi connectivity index (χ2n) is 2.58. The van der Waals surface area contributed by atoms with E-state index in [-0.39, 0.29) is 0 Å². The average molecular weight is 206 g/mol. The normalized spacial score (nSPS) is 11.0. The maximum Gasteiger partial charge on any atom is 0.0931 e. The van der Waals surface area contributed by atoms with Crippen LogP contribution in [0, 0.1) is 0 Å². The van der Waals surface area contributed by atoms with Crippen molar-refractivity contribution in [3.63, 3.8) is 0 Å². The predicted octanol–water partition coefficient (Wildman–Crippen LogP) is 1.25. The quantitative estimate of drug-likeness (QED) is 0.442. The molecule has 68 valence electrons. The maximum atomic E-state index is 5.78. The van der Waals surface area contributed by atoms with E-state index < -0.39 is 0 Å². The number of thiophene rings is 1. The Morgan fingerprint density at radius 2 is 2.42 bits per heavy atom. The van der Waals surface area contributed by atoms with E-state index in [9.17, 15) is 0 Å². The number of rotatable bonds is 4. The third-order valence-electron chi connectivity index (χ3n) is 1.42. The highest BCUT2D eigenvalue weighted by molar-refractivity contribution is 7.16. The van der Waals surface area contributed by atoms with Gasteiger partial charge in [-0.2, -0.15) is 0 Å². The molecule has 0 radical (unpaired) electrons. The van der Waals surface area contributed by atoms with Gasteiger partial charge in [-0.1, -0.05) is 11.6 Å². The Morgan fingerprint density at radius 1 is 1.67 bits per heavy atom. The highest BCUT2D eigenvalue weighted by Gasteiger charge is 2.01. The van der Waals surface area contributed by atoms with E-state index in [0.717, 1.165) is 10.9 Å². The molecule has 0 saturated heterocycles. The van der Waals surface area contributed by atoms with Crippen LogP contribution < -0.4 is 11.3 Å². The summed E-state index contributed by atoms with van der Waals surface area (Å²) in [6.45, 7) is 1.55. The van der Waals surface area contributed by atoms with E-state index >= 15 is 0 Å². The molecule has 0 atom stereocenters. The first-order valence-electron chi connectivity index (χ1n) is 3.58. The van der Waals surface area contributed by atoms with Crippen LogP contribution >= 0.6 is 22.9 Å². The second-order valence-corrected chi connectivity index (χ2v) is 4.38. The van der Waals surface area contributed by atoms with Crippen LogP contribution in [-0.4, -0.2) is 18.6 Å². The van der Waals surface area contributed by atoms with Gasteiger partial charge in [-0.15, -0.1) is 11.3 Å². The van der Waals surface area contributed by atoms with Crippen molar-refractivity contribution >= 4 is 22.9 Å². The van der Waals surface area contributed by atoms with Crippen LogP contribution in [0.2, 0.25) is 4.34 Å². The largest absolute Gasteiger partial charge is 0.288 e. The molecule has 12 heavy (non-hydrogen) atoms. The Balaban J connectivity index is 2.41. The molecule has 3 N–H and O–H groups in total. The molecular formula is C7H12ClN3S.